The number of rotatable bonds is 1. The van der Waals surface area contributed by atoms with Gasteiger partial charge in [-0.15, -0.1) is 0 Å². The summed E-state index contributed by atoms with van der Waals surface area (Å²) in [5.74, 6) is -1.03. The number of aromatic nitrogens is 1. The van der Waals surface area contributed by atoms with Gasteiger partial charge in [-0.05, 0) is 11.5 Å². The molecule has 0 aliphatic heterocycles. The molecule has 9 heavy (non-hydrogen) atoms. The van der Waals surface area contributed by atoms with Crippen LogP contribution in [0.1, 0.15) is 10.4 Å². The highest BCUT2D eigenvalue weighted by Gasteiger charge is 2.09. The van der Waals surface area contributed by atoms with Gasteiger partial charge in [0.05, 0.1) is 0 Å². The summed E-state index contributed by atoms with van der Waals surface area (Å²) in [5, 5.41) is 9.79. The maximum Gasteiger partial charge on any atom is 0.339 e. The molecule has 1 N–H and O–H groups in total. The molecule has 0 bridgehead atoms. The summed E-state index contributed by atoms with van der Waals surface area (Å²) in [6, 6.07) is 0. The van der Waals surface area contributed by atoms with Crippen molar-refractivity contribution in [2.45, 2.75) is 0 Å². The van der Waals surface area contributed by atoms with Crippen LogP contribution in [0.4, 0.5) is 0 Å². The Bertz CT molecular complexity index is 234. The molecular weight excluding hydrogens is 162 g/mol. The van der Waals surface area contributed by atoms with E-state index in [9.17, 15) is 4.79 Å². The third-order valence-electron chi connectivity index (χ3n) is 0.756. The van der Waals surface area contributed by atoms with Crippen molar-refractivity contribution >= 4 is 29.1 Å². The Morgan fingerprint density at radius 3 is 2.78 bits per heavy atom. The van der Waals surface area contributed by atoms with Crippen molar-refractivity contribution in [1.82, 2.24) is 4.37 Å². The van der Waals surface area contributed by atoms with Crippen LogP contribution in [0.25, 0.3) is 0 Å². The summed E-state index contributed by atoms with van der Waals surface area (Å²) in [4.78, 5) is 10.2. The molecule has 0 saturated carbocycles. The van der Waals surface area contributed by atoms with E-state index in [2.05, 4.69) is 4.37 Å². The van der Waals surface area contributed by atoms with E-state index in [1.807, 2.05) is 0 Å². The van der Waals surface area contributed by atoms with E-state index in [0.717, 1.165) is 11.5 Å². The first-order valence-corrected chi connectivity index (χ1v) is 3.26. The Balaban J connectivity index is 3.08. The van der Waals surface area contributed by atoms with Gasteiger partial charge in [-0.25, -0.2) is 4.79 Å². The fourth-order valence-electron chi connectivity index (χ4n) is 0.362. The molecule has 0 unspecified atom stereocenters. The molecule has 3 nitrogen and oxygen atoms in total. The van der Waals surface area contributed by atoms with Crippen molar-refractivity contribution in [1.29, 1.82) is 0 Å². The topological polar surface area (TPSA) is 50.2 Å². The van der Waals surface area contributed by atoms with Gasteiger partial charge in [0.2, 0.25) is 0 Å². The number of hydrogen-bond donors (Lipinski definition) is 1. The highest BCUT2D eigenvalue weighted by molar-refractivity contribution is 7.04. The highest BCUT2D eigenvalue weighted by atomic mass is 35.5. The molecule has 0 fully saturated rings. The lowest BCUT2D eigenvalue weighted by molar-refractivity contribution is 0.0697. The first-order chi connectivity index (χ1) is 4.22. The minimum absolute atomic E-state index is 0.0625. The Labute approximate surface area is 60.1 Å². The largest absolute Gasteiger partial charge is 0.478 e. The molecular formula is C4H2ClNO2S. The Morgan fingerprint density at radius 1 is 1.89 bits per heavy atom. The number of aromatic carboxylic acids is 1. The van der Waals surface area contributed by atoms with E-state index in [1.165, 1.54) is 5.38 Å². The Morgan fingerprint density at radius 2 is 2.56 bits per heavy atom. The lowest BCUT2D eigenvalue weighted by Crippen LogP contribution is -1.93. The number of halogens is 1. The van der Waals surface area contributed by atoms with Crippen molar-refractivity contribution in [2.24, 2.45) is 0 Å². The third-order valence-corrected chi connectivity index (χ3v) is 1.77. The molecule has 1 rings (SSSR count). The normalized spacial score (nSPS) is 9.44. The lowest BCUT2D eigenvalue weighted by Gasteiger charge is -1.82. The van der Waals surface area contributed by atoms with Crippen molar-refractivity contribution in [3.63, 3.8) is 0 Å². The van der Waals surface area contributed by atoms with Crippen LogP contribution in [0.15, 0.2) is 5.38 Å². The van der Waals surface area contributed by atoms with Crippen LogP contribution in [0.2, 0.25) is 5.15 Å². The second-order valence-corrected chi connectivity index (χ2v) is 2.31. The van der Waals surface area contributed by atoms with Gasteiger partial charge in [-0.1, -0.05) is 11.6 Å². The molecule has 0 aliphatic carbocycles. The Hall–Kier alpha value is -0.610. The van der Waals surface area contributed by atoms with E-state index in [1.54, 1.807) is 0 Å². The molecule has 1 aromatic rings. The summed E-state index contributed by atoms with van der Waals surface area (Å²) >= 11 is 6.39. The molecule has 1 aromatic heterocycles. The number of nitrogens with zero attached hydrogens (tertiary/aromatic N) is 1. The van der Waals surface area contributed by atoms with E-state index in [-0.39, 0.29) is 10.7 Å². The van der Waals surface area contributed by atoms with Crippen LogP contribution in [0.3, 0.4) is 0 Å². The zero-order valence-corrected chi connectivity index (χ0v) is 5.74. The molecule has 0 amide bonds. The molecule has 0 atom stereocenters. The fourth-order valence-corrected chi connectivity index (χ4v) is 1.24. The van der Waals surface area contributed by atoms with E-state index < -0.39 is 5.97 Å². The summed E-state index contributed by atoms with van der Waals surface area (Å²) in [5.41, 5.74) is 0.0710. The van der Waals surface area contributed by atoms with Crippen molar-refractivity contribution in [2.75, 3.05) is 0 Å². The maximum absolute atomic E-state index is 10.2. The Kier molecular flexibility index (Phi) is 1.68. The smallest absolute Gasteiger partial charge is 0.339 e. The lowest BCUT2D eigenvalue weighted by atomic mass is 10.4. The number of carboxylic acid groups (broad SMARTS) is 1. The molecule has 1 heterocycles. The van der Waals surface area contributed by atoms with Crippen LogP contribution >= 0.6 is 23.1 Å². The second-order valence-electron chi connectivity index (χ2n) is 1.32. The fraction of sp³-hybridized carbons (Fsp3) is 0. The molecule has 0 saturated heterocycles. The zero-order chi connectivity index (χ0) is 6.85. The first kappa shape index (κ1) is 6.51. The van der Waals surface area contributed by atoms with Crippen LogP contribution in [-0.2, 0) is 0 Å². The predicted octanol–water partition coefficient (Wildman–Crippen LogP) is 1.49. The summed E-state index contributed by atoms with van der Waals surface area (Å²) in [7, 11) is 0. The van der Waals surface area contributed by atoms with Crippen LogP contribution in [0, 0.1) is 0 Å². The highest BCUT2D eigenvalue weighted by Crippen LogP contribution is 2.15. The number of carboxylic acids is 1. The summed E-state index contributed by atoms with van der Waals surface area (Å²) in [6.45, 7) is 0. The zero-order valence-electron chi connectivity index (χ0n) is 4.17. The molecule has 0 radical (unpaired) electrons. The van der Waals surface area contributed by atoms with Crippen molar-refractivity contribution in [3.8, 4) is 0 Å². The second kappa shape index (κ2) is 2.33. The first-order valence-electron chi connectivity index (χ1n) is 2.05. The van der Waals surface area contributed by atoms with Crippen LogP contribution < -0.4 is 0 Å². The van der Waals surface area contributed by atoms with Gasteiger partial charge in [0.1, 0.15) is 5.56 Å². The average molecular weight is 164 g/mol. The van der Waals surface area contributed by atoms with Crippen molar-refractivity contribution < 1.29 is 9.90 Å². The molecule has 0 spiro atoms. The maximum atomic E-state index is 10.2. The van der Waals surface area contributed by atoms with Crippen molar-refractivity contribution in [3.05, 3.63) is 16.1 Å². The molecule has 48 valence electrons. The van der Waals surface area contributed by atoms with Gasteiger partial charge in [0.25, 0.3) is 0 Å². The predicted molar refractivity (Wildman–Crippen MR) is 34.1 cm³/mol. The van der Waals surface area contributed by atoms with Gasteiger partial charge in [-0.2, -0.15) is 4.37 Å². The average Bonchev–Trinajstić information content (AvgIpc) is 2.13. The summed E-state index contributed by atoms with van der Waals surface area (Å²) < 4.78 is 3.56. The van der Waals surface area contributed by atoms with E-state index in [4.69, 9.17) is 16.7 Å². The van der Waals surface area contributed by atoms with Gasteiger partial charge >= 0.3 is 5.97 Å². The summed E-state index contributed by atoms with van der Waals surface area (Å²) in [6.07, 6.45) is 0. The SMILES string of the molecule is O=C(O)c1csnc1Cl. The third kappa shape index (κ3) is 1.20. The van der Waals surface area contributed by atoms with Gasteiger partial charge in [0, 0.05) is 5.38 Å². The monoisotopic (exact) mass is 163 g/mol. The minimum atomic E-state index is -1.03. The van der Waals surface area contributed by atoms with Gasteiger partial charge in [0.15, 0.2) is 5.15 Å². The minimum Gasteiger partial charge on any atom is -0.478 e. The van der Waals surface area contributed by atoms with E-state index in [0.29, 0.717) is 0 Å². The van der Waals surface area contributed by atoms with Gasteiger partial charge < -0.3 is 5.11 Å². The van der Waals surface area contributed by atoms with E-state index >= 15 is 0 Å². The quantitative estimate of drug-likeness (QED) is 0.683. The van der Waals surface area contributed by atoms with Gasteiger partial charge in [-0.3, -0.25) is 0 Å². The number of carbonyl (C=O) groups is 1. The van der Waals surface area contributed by atoms with Crippen LogP contribution in [-0.4, -0.2) is 15.4 Å². The standard InChI is InChI=1S/C4H2ClNO2S/c5-3-2(4(7)8)1-9-6-3/h1H,(H,7,8). The number of hydrogen-bond acceptors (Lipinski definition) is 3. The molecule has 5 heteroatoms. The van der Waals surface area contributed by atoms with Crippen LogP contribution in [0.5, 0.6) is 0 Å². The molecule has 0 aromatic carbocycles. The molecule has 0 aliphatic rings.